The van der Waals surface area contributed by atoms with Gasteiger partial charge in [0.2, 0.25) is 0 Å². The molecule has 0 aliphatic carbocycles. The maximum Gasteiger partial charge on any atom is 0.251 e. The van der Waals surface area contributed by atoms with Gasteiger partial charge in [0.25, 0.3) is 5.91 Å². The van der Waals surface area contributed by atoms with Gasteiger partial charge in [0, 0.05) is 25.0 Å². The molecule has 1 unspecified atom stereocenters. The van der Waals surface area contributed by atoms with Crippen LogP contribution in [0.4, 0.5) is 0 Å². The van der Waals surface area contributed by atoms with Crippen LogP contribution in [0.5, 0.6) is 0 Å². The van der Waals surface area contributed by atoms with Crippen LogP contribution in [0.15, 0.2) is 0 Å². The van der Waals surface area contributed by atoms with Crippen molar-refractivity contribution in [3.8, 4) is 0 Å². The fourth-order valence-electron chi connectivity index (χ4n) is 1.65. The maximum atomic E-state index is 11.9. The molecule has 1 aliphatic heterocycles. The van der Waals surface area contributed by atoms with Gasteiger partial charge in [0.1, 0.15) is 6.10 Å². The number of likely N-dealkylation sites (N-methyl/N-ethyl adjacent to an activating group) is 1. The molecule has 0 aromatic rings. The van der Waals surface area contributed by atoms with E-state index in [4.69, 9.17) is 4.74 Å². The lowest BCUT2D eigenvalue weighted by Crippen LogP contribution is -2.39. The van der Waals surface area contributed by atoms with Crippen LogP contribution in [-0.2, 0) is 9.53 Å². The van der Waals surface area contributed by atoms with Gasteiger partial charge >= 0.3 is 0 Å². The molecule has 0 aromatic heterocycles. The zero-order chi connectivity index (χ0) is 10.4. The molecule has 1 amide bonds. The number of hydrogen-bond acceptors (Lipinski definition) is 2. The Morgan fingerprint density at radius 3 is 2.93 bits per heavy atom. The van der Waals surface area contributed by atoms with E-state index >= 15 is 0 Å². The van der Waals surface area contributed by atoms with Crippen LogP contribution in [0.1, 0.15) is 26.2 Å². The number of ether oxygens (including phenoxy) is 1. The third-order valence-electron chi connectivity index (χ3n) is 2.46. The quantitative estimate of drug-likeness (QED) is 0.709. The van der Waals surface area contributed by atoms with Crippen molar-refractivity contribution in [3.05, 3.63) is 0 Å². The van der Waals surface area contributed by atoms with Crippen molar-refractivity contribution in [3.63, 3.8) is 0 Å². The van der Waals surface area contributed by atoms with Crippen LogP contribution in [0.25, 0.3) is 0 Å². The number of rotatable bonds is 5. The van der Waals surface area contributed by atoms with Gasteiger partial charge in [-0.1, -0.05) is 15.9 Å². The number of amides is 1. The highest BCUT2D eigenvalue weighted by Crippen LogP contribution is 2.14. The topological polar surface area (TPSA) is 29.5 Å². The molecule has 1 heterocycles. The first-order valence-electron chi connectivity index (χ1n) is 5.26. The average Bonchev–Trinajstić information content (AvgIpc) is 2.71. The van der Waals surface area contributed by atoms with Gasteiger partial charge in [0.05, 0.1) is 0 Å². The maximum absolute atomic E-state index is 11.9. The smallest absolute Gasteiger partial charge is 0.251 e. The molecular weight excluding hydrogens is 246 g/mol. The first-order valence-corrected chi connectivity index (χ1v) is 6.38. The molecule has 1 saturated heterocycles. The number of nitrogens with zero attached hydrogens (tertiary/aromatic N) is 1. The second-order valence-corrected chi connectivity index (χ2v) is 4.26. The summed E-state index contributed by atoms with van der Waals surface area (Å²) in [7, 11) is 0. The Labute approximate surface area is 93.9 Å². The Kier molecular flexibility index (Phi) is 5.48. The summed E-state index contributed by atoms with van der Waals surface area (Å²) in [6.07, 6.45) is 2.76. The fraction of sp³-hybridized carbons (Fsp3) is 0.900. The minimum Gasteiger partial charge on any atom is -0.368 e. The highest BCUT2D eigenvalue weighted by atomic mass is 79.9. The predicted octanol–water partition coefficient (Wildman–Crippen LogP) is 1.80. The summed E-state index contributed by atoms with van der Waals surface area (Å²) in [5.41, 5.74) is 0. The standard InChI is InChI=1S/C10H18BrNO2/c1-2-12(7-4-6-11)10(13)9-5-3-8-14-9/h9H,2-8H2,1H3. The first-order chi connectivity index (χ1) is 6.79. The first kappa shape index (κ1) is 12.0. The lowest BCUT2D eigenvalue weighted by atomic mass is 10.2. The molecule has 1 atom stereocenters. The molecule has 1 aliphatic rings. The van der Waals surface area contributed by atoms with Gasteiger partial charge < -0.3 is 9.64 Å². The largest absolute Gasteiger partial charge is 0.368 e. The number of alkyl halides is 1. The monoisotopic (exact) mass is 263 g/mol. The number of carbonyl (C=O) groups is 1. The zero-order valence-electron chi connectivity index (χ0n) is 8.67. The lowest BCUT2D eigenvalue weighted by Gasteiger charge is -2.23. The van der Waals surface area contributed by atoms with Gasteiger partial charge in [-0.05, 0) is 26.2 Å². The minimum atomic E-state index is -0.162. The number of hydrogen-bond donors (Lipinski definition) is 0. The van der Waals surface area contributed by atoms with Gasteiger partial charge in [-0.15, -0.1) is 0 Å². The summed E-state index contributed by atoms with van der Waals surface area (Å²) in [5, 5.41) is 0.947. The molecule has 4 heteroatoms. The van der Waals surface area contributed by atoms with Crippen molar-refractivity contribution >= 4 is 21.8 Å². The Bertz CT molecular complexity index is 181. The SMILES string of the molecule is CCN(CCCBr)C(=O)C1CCCO1. The van der Waals surface area contributed by atoms with Gasteiger partial charge in [0.15, 0.2) is 0 Å². The number of halogens is 1. The van der Waals surface area contributed by atoms with Crippen LogP contribution in [0, 0.1) is 0 Å². The zero-order valence-corrected chi connectivity index (χ0v) is 10.3. The molecule has 1 fully saturated rings. The van der Waals surface area contributed by atoms with Crippen LogP contribution in [0.2, 0.25) is 0 Å². The van der Waals surface area contributed by atoms with Gasteiger partial charge in [-0.3, -0.25) is 4.79 Å². The summed E-state index contributed by atoms with van der Waals surface area (Å²) in [6.45, 7) is 4.37. The Morgan fingerprint density at radius 1 is 1.64 bits per heavy atom. The number of carbonyl (C=O) groups excluding carboxylic acids is 1. The van der Waals surface area contributed by atoms with Crippen LogP contribution in [-0.4, -0.2) is 41.9 Å². The minimum absolute atomic E-state index is 0.162. The third-order valence-corrected chi connectivity index (χ3v) is 3.02. The van der Waals surface area contributed by atoms with E-state index in [1.807, 2.05) is 11.8 Å². The van der Waals surface area contributed by atoms with Crippen molar-refractivity contribution in [2.24, 2.45) is 0 Å². The summed E-state index contributed by atoms with van der Waals surface area (Å²) in [5.74, 6) is 0.172. The molecule has 0 aromatic carbocycles. The lowest BCUT2D eigenvalue weighted by molar-refractivity contribution is -0.140. The van der Waals surface area contributed by atoms with E-state index < -0.39 is 0 Å². The Balaban J connectivity index is 2.37. The molecule has 0 saturated carbocycles. The molecule has 0 radical (unpaired) electrons. The second-order valence-electron chi connectivity index (χ2n) is 3.46. The molecule has 0 N–H and O–H groups in total. The Morgan fingerprint density at radius 2 is 2.43 bits per heavy atom. The fourth-order valence-corrected chi connectivity index (χ4v) is 1.90. The molecule has 1 rings (SSSR count). The van der Waals surface area contributed by atoms with Gasteiger partial charge in [-0.25, -0.2) is 0 Å². The molecule has 14 heavy (non-hydrogen) atoms. The third kappa shape index (κ3) is 3.24. The Hall–Kier alpha value is -0.0900. The van der Waals surface area contributed by atoms with E-state index in [-0.39, 0.29) is 12.0 Å². The van der Waals surface area contributed by atoms with Crippen molar-refractivity contribution in [1.82, 2.24) is 4.90 Å². The molecular formula is C10H18BrNO2. The average molecular weight is 264 g/mol. The van der Waals surface area contributed by atoms with E-state index in [0.29, 0.717) is 0 Å². The highest BCUT2D eigenvalue weighted by molar-refractivity contribution is 9.09. The van der Waals surface area contributed by atoms with Crippen molar-refractivity contribution in [2.45, 2.75) is 32.3 Å². The molecule has 0 spiro atoms. The summed E-state index contributed by atoms with van der Waals surface area (Å²) in [6, 6.07) is 0. The van der Waals surface area contributed by atoms with Crippen LogP contribution >= 0.6 is 15.9 Å². The van der Waals surface area contributed by atoms with Crippen molar-refractivity contribution in [2.75, 3.05) is 25.0 Å². The van der Waals surface area contributed by atoms with Crippen LogP contribution < -0.4 is 0 Å². The van der Waals surface area contributed by atoms with E-state index in [1.54, 1.807) is 0 Å². The van der Waals surface area contributed by atoms with E-state index in [0.717, 1.165) is 44.3 Å². The van der Waals surface area contributed by atoms with Crippen LogP contribution in [0.3, 0.4) is 0 Å². The normalized spacial score (nSPS) is 21.1. The van der Waals surface area contributed by atoms with E-state index in [9.17, 15) is 4.79 Å². The molecule has 0 bridgehead atoms. The van der Waals surface area contributed by atoms with E-state index in [1.165, 1.54) is 0 Å². The second kappa shape index (κ2) is 6.40. The van der Waals surface area contributed by atoms with E-state index in [2.05, 4.69) is 15.9 Å². The molecule has 82 valence electrons. The highest BCUT2D eigenvalue weighted by Gasteiger charge is 2.26. The predicted molar refractivity (Wildman–Crippen MR) is 59.6 cm³/mol. The van der Waals surface area contributed by atoms with Crippen molar-refractivity contribution < 1.29 is 9.53 Å². The van der Waals surface area contributed by atoms with Crippen molar-refractivity contribution in [1.29, 1.82) is 0 Å². The summed E-state index contributed by atoms with van der Waals surface area (Å²) >= 11 is 3.37. The summed E-state index contributed by atoms with van der Waals surface area (Å²) < 4.78 is 5.37. The molecule has 3 nitrogen and oxygen atoms in total. The van der Waals surface area contributed by atoms with Gasteiger partial charge in [-0.2, -0.15) is 0 Å². The summed E-state index contributed by atoms with van der Waals surface area (Å²) in [4.78, 5) is 13.8.